The van der Waals surface area contributed by atoms with Crippen LogP contribution < -0.4 is 5.32 Å². The Morgan fingerprint density at radius 2 is 1.89 bits per heavy atom. The van der Waals surface area contributed by atoms with Gasteiger partial charge in [-0.1, -0.05) is 13.8 Å². The standard InChI is InChI=1S/C14H26N2O3/c1-10(2)9-14(6)11(17)16(12(18)15-14)7-8-19-13(3,4)5/h10H,7-9H2,1-6H3,(H,15,18). The Balaban J connectivity index is 2.61. The third kappa shape index (κ3) is 4.20. The summed E-state index contributed by atoms with van der Waals surface area (Å²) in [7, 11) is 0. The summed E-state index contributed by atoms with van der Waals surface area (Å²) < 4.78 is 5.56. The molecule has 3 amide bonds. The SMILES string of the molecule is CC(C)CC1(C)NC(=O)N(CCOC(C)(C)C)C1=O. The number of hydrogen-bond donors (Lipinski definition) is 1. The smallest absolute Gasteiger partial charge is 0.325 e. The number of nitrogens with one attached hydrogen (secondary N) is 1. The van der Waals surface area contributed by atoms with Crippen molar-refractivity contribution in [2.24, 2.45) is 5.92 Å². The minimum absolute atomic E-state index is 0.149. The number of imide groups is 1. The van der Waals surface area contributed by atoms with Crippen LogP contribution in [-0.2, 0) is 9.53 Å². The molecule has 1 heterocycles. The Morgan fingerprint density at radius 1 is 1.32 bits per heavy atom. The molecule has 0 aromatic heterocycles. The van der Waals surface area contributed by atoms with Gasteiger partial charge in [-0.15, -0.1) is 0 Å². The van der Waals surface area contributed by atoms with Crippen LogP contribution in [0.3, 0.4) is 0 Å². The molecule has 110 valence electrons. The second-order valence-corrected chi connectivity index (χ2v) is 6.78. The Labute approximate surface area is 115 Å². The van der Waals surface area contributed by atoms with Crippen molar-refractivity contribution in [3.8, 4) is 0 Å². The maximum Gasteiger partial charge on any atom is 0.325 e. The molecule has 1 aliphatic rings. The summed E-state index contributed by atoms with van der Waals surface area (Å²) in [6.45, 7) is 12.4. The molecule has 0 aromatic carbocycles. The fourth-order valence-corrected chi connectivity index (χ4v) is 2.35. The van der Waals surface area contributed by atoms with Gasteiger partial charge in [-0.2, -0.15) is 0 Å². The zero-order valence-corrected chi connectivity index (χ0v) is 12.9. The molecule has 0 aromatic rings. The number of ether oxygens (including phenoxy) is 1. The van der Waals surface area contributed by atoms with Crippen LogP contribution in [0, 0.1) is 5.92 Å². The molecule has 1 aliphatic heterocycles. The lowest BCUT2D eigenvalue weighted by Gasteiger charge is -2.24. The van der Waals surface area contributed by atoms with Gasteiger partial charge >= 0.3 is 6.03 Å². The van der Waals surface area contributed by atoms with Crippen LogP contribution in [-0.4, -0.2) is 41.1 Å². The van der Waals surface area contributed by atoms with Crippen LogP contribution in [0.25, 0.3) is 0 Å². The number of amides is 3. The third-order valence-electron chi connectivity index (χ3n) is 3.01. The quantitative estimate of drug-likeness (QED) is 0.779. The summed E-state index contributed by atoms with van der Waals surface area (Å²) in [4.78, 5) is 25.4. The highest BCUT2D eigenvalue weighted by molar-refractivity contribution is 6.06. The molecule has 1 saturated heterocycles. The summed E-state index contributed by atoms with van der Waals surface area (Å²) in [5, 5.41) is 2.79. The van der Waals surface area contributed by atoms with Crippen molar-refractivity contribution in [1.29, 1.82) is 0 Å². The van der Waals surface area contributed by atoms with Crippen LogP contribution in [0.1, 0.15) is 48.0 Å². The van der Waals surface area contributed by atoms with Gasteiger partial charge in [-0.05, 0) is 40.0 Å². The van der Waals surface area contributed by atoms with E-state index < -0.39 is 5.54 Å². The second kappa shape index (κ2) is 5.49. The van der Waals surface area contributed by atoms with Gasteiger partial charge in [0.05, 0.1) is 18.8 Å². The van der Waals surface area contributed by atoms with Gasteiger partial charge in [-0.25, -0.2) is 4.79 Å². The van der Waals surface area contributed by atoms with Crippen LogP contribution in [0.15, 0.2) is 0 Å². The molecule has 0 saturated carbocycles. The Hall–Kier alpha value is -1.10. The predicted octanol–water partition coefficient (Wildman–Crippen LogP) is 2.16. The molecule has 0 spiro atoms. The molecular weight excluding hydrogens is 244 g/mol. The lowest BCUT2D eigenvalue weighted by molar-refractivity contribution is -0.132. The van der Waals surface area contributed by atoms with E-state index in [-0.39, 0.29) is 17.5 Å². The summed E-state index contributed by atoms with van der Waals surface area (Å²) in [6, 6.07) is -0.314. The molecule has 0 bridgehead atoms. The van der Waals surface area contributed by atoms with Crippen LogP contribution >= 0.6 is 0 Å². The van der Waals surface area contributed by atoms with Crippen LogP contribution in [0.5, 0.6) is 0 Å². The van der Waals surface area contributed by atoms with Crippen molar-refractivity contribution >= 4 is 11.9 Å². The monoisotopic (exact) mass is 270 g/mol. The van der Waals surface area contributed by atoms with Crippen molar-refractivity contribution in [3.63, 3.8) is 0 Å². The highest BCUT2D eigenvalue weighted by atomic mass is 16.5. The zero-order valence-electron chi connectivity index (χ0n) is 12.9. The first-order chi connectivity index (χ1) is 8.55. The molecule has 5 nitrogen and oxygen atoms in total. The normalized spacial score (nSPS) is 24.3. The highest BCUT2D eigenvalue weighted by Crippen LogP contribution is 2.24. The first kappa shape index (κ1) is 16.0. The molecule has 1 fully saturated rings. The van der Waals surface area contributed by atoms with E-state index in [1.807, 2.05) is 34.6 Å². The molecule has 19 heavy (non-hydrogen) atoms. The lowest BCUT2D eigenvalue weighted by Crippen LogP contribution is -2.45. The van der Waals surface area contributed by atoms with E-state index in [0.717, 1.165) is 0 Å². The summed E-state index contributed by atoms with van der Waals surface area (Å²) in [5.74, 6) is 0.198. The number of carbonyl (C=O) groups excluding carboxylic acids is 2. The predicted molar refractivity (Wildman–Crippen MR) is 73.8 cm³/mol. The van der Waals surface area contributed by atoms with Crippen molar-refractivity contribution < 1.29 is 14.3 Å². The van der Waals surface area contributed by atoms with Gasteiger partial charge in [0, 0.05) is 0 Å². The number of carbonyl (C=O) groups is 2. The number of nitrogens with zero attached hydrogens (tertiary/aromatic N) is 1. The highest BCUT2D eigenvalue weighted by Gasteiger charge is 2.47. The van der Waals surface area contributed by atoms with Gasteiger partial charge in [0.25, 0.3) is 5.91 Å². The first-order valence-corrected chi connectivity index (χ1v) is 6.83. The molecule has 0 aliphatic carbocycles. The van der Waals surface area contributed by atoms with E-state index in [1.54, 1.807) is 6.92 Å². The number of hydrogen-bond acceptors (Lipinski definition) is 3. The molecule has 1 unspecified atom stereocenters. The molecule has 1 rings (SSSR count). The van der Waals surface area contributed by atoms with Gasteiger partial charge in [0.1, 0.15) is 5.54 Å². The largest absolute Gasteiger partial charge is 0.374 e. The van der Waals surface area contributed by atoms with E-state index in [1.165, 1.54) is 4.90 Å². The maximum atomic E-state index is 12.3. The minimum Gasteiger partial charge on any atom is -0.374 e. The average Bonchev–Trinajstić information content (AvgIpc) is 2.38. The van der Waals surface area contributed by atoms with Crippen molar-refractivity contribution in [2.45, 2.75) is 59.1 Å². The fraction of sp³-hybridized carbons (Fsp3) is 0.857. The fourth-order valence-electron chi connectivity index (χ4n) is 2.35. The molecular formula is C14H26N2O3. The molecule has 0 radical (unpaired) electrons. The van der Waals surface area contributed by atoms with Gasteiger partial charge in [0.2, 0.25) is 0 Å². The Morgan fingerprint density at radius 3 is 2.37 bits per heavy atom. The van der Waals surface area contributed by atoms with E-state index in [9.17, 15) is 9.59 Å². The topological polar surface area (TPSA) is 58.6 Å². The summed E-state index contributed by atoms with van der Waals surface area (Å²) in [5.41, 5.74) is -1.03. The third-order valence-corrected chi connectivity index (χ3v) is 3.01. The van der Waals surface area contributed by atoms with Gasteiger partial charge in [0.15, 0.2) is 0 Å². The Kier molecular flexibility index (Phi) is 4.61. The van der Waals surface area contributed by atoms with E-state index in [4.69, 9.17) is 4.74 Å². The maximum absolute atomic E-state index is 12.3. The van der Waals surface area contributed by atoms with E-state index >= 15 is 0 Å². The number of urea groups is 1. The average molecular weight is 270 g/mol. The first-order valence-electron chi connectivity index (χ1n) is 6.83. The lowest BCUT2D eigenvalue weighted by atomic mass is 9.91. The summed E-state index contributed by atoms with van der Waals surface area (Å²) >= 11 is 0. The summed E-state index contributed by atoms with van der Waals surface area (Å²) in [6.07, 6.45) is 0.647. The van der Waals surface area contributed by atoms with Crippen molar-refractivity contribution in [3.05, 3.63) is 0 Å². The second-order valence-electron chi connectivity index (χ2n) is 6.78. The van der Waals surface area contributed by atoms with Crippen LogP contribution in [0.2, 0.25) is 0 Å². The Bertz CT molecular complexity index is 360. The van der Waals surface area contributed by atoms with E-state index in [0.29, 0.717) is 25.5 Å². The van der Waals surface area contributed by atoms with Gasteiger partial charge < -0.3 is 10.1 Å². The molecule has 5 heteroatoms. The van der Waals surface area contributed by atoms with Crippen molar-refractivity contribution in [1.82, 2.24) is 10.2 Å². The van der Waals surface area contributed by atoms with Crippen molar-refractivity contribution in [2.75, 3.05) is 13.2 Å². The van der Waals surface area contributed by atoms with Crippen LogP contribution in [0.4, 0.5) is 4.79 Å². The minimum atomic E-state index is -0.771. The zero-order chi connectivity index (χ0) is 14.8. The number of rotatable bonds is 5. The van der Waals surface area contributed by atoms with Gasteiger partial charge in [-0.3, -0.25) is 9.69 Å². The molecule has 1 N–H and O–H groups in total. The molecule has 1 atom stereocenters. The van der Waals surface area contributed by atoms with E-state index in [2.05, 4.69) is 5.32 Å².